The monoisotopic (exact) mass is 265 g/mol. The minimum absolute atomic E-state index is 0.299. The first-order valence-electron chi connectivity index (χ1n) is 5.02. The molecule has 1 aromatic carbocycles. The van der Waals surface area contributed by atoms with Gasteiger partial charge in [0.2, 0.25) is 0 Å². The summed E-state index contributed by atoms with van der Waals surface area (Å²) in [7, 11) is 1.97. The third kappa shape index (κ3) is 3.37. The van der Waals surface area contributed by atoms with E-state index in [1.807, 2.05) is 14.0 Å². The number of hydrogen-bond acceptors (Lipinski definition) is 1. The lowest BCUT2D eigenvalue weighted by Crippen LogP contribution is -2.16. The number of benzene rings is 1. The van der Waals surface area contributed by atoms with Crippen molar-refractivity contribution in [2.45, 2.75) is 26.3 Å². The Bertz CT molecular complexity index is 387. The van der Waals surface area contributed by atoms with Crippen molar-refractivity contribution in [3.8, 4) is 11.8 Å². The Kier molecular flexibility index (Phi) is 4.87. The Morgan fingerprint density at radius 3 is 2.73 bits per heavy atom. The Hall–Kier alpha value is -0.780. The van der Waals surface area contributed by atoms with Crippen LogP contribution in [0.2, 0.25) is 0 Å². The molecule has 0 radical (unpaired) electrons. The molecule has 0 saturated carbocycles. The predicted octanol–water partition coefficient (Wildman–Crippen LogP) is 3.43. The molecule has 1 aromatic rings. The van der Waals surface area contributed by atoms with Crippen LogP contribution in [0, 0.1) is 18.8 Å². The maximum atomic E-state index is 3.59. The number of rotatable bonds is 3. The highest BCUT2D eigenvalue weighted by molar-refractivity contribution is 9.10. The van der Waals surface area contributed by atoms with E-state index in [1.54, 1.807) is 0 Å². The van der Waals surface area contributed by atoms with E-state index >= 15 is 0 Å². The van der Waals surface area contributed by atoms with Gasteiger partial charge < -0.3 is 5.32 Å². The third-order valence-electron chi connectivity index (χ3n) is 2.36. The Labute approximate surface area is 100 Å². The van der Waals surface area contributed by atoms with Gasteiger partial charge in [0, 0.05) is 16.9 Å². The molecule has 1 rings (SSSR count). The minimum atomic E-state index is 0.299. The van der Waals surface area contributed by atoms with E-state index in [9.17, 15) is 0 Å². The van der Waals surface area contributed by atoms with Crippen molar-refractivity contribution in [1.29, 1.82) is 0 Å². The van der Waals surface area contributed by atoms with Gasteiger partial charge in [-0.05, 0) is 38.1 Å². The first-order valence-corrected chi connectivity index (χ1v) is 5.81. The van der Waals surface area contributed by atoms with Gasteiger partial charge in [-0.3, -0.25) is 0 Å². The second kappa shape index (κ2) is 5.95. The Balaban J connectivity index is 2.94. The van der Waals surface area contributed by atoms with E-state index in [1.165, 1.54) is 11.1 Å². The van der Waals surface area contributed by atoms with Crippen molar-refractivity contribution < 1.29 is 0 Å². The largest absolute Gasteiger partial charge is 0.312 e. The number of halogens is 1. The van der Waals surface area contributed by atoms with E-state index in [2.05, 4.69) is 58.2 Å². The fourth-order valence-corrected chi connectivity index (χ4v) is 2.26. The lowest BCUT2D eigenvalue weighted by Gasteiger charge is -2.15. The van der Waals surface area contributed by atoms with Gasteiger partial charge in [-0.2, -0.15) is 0 Å². The van der Waals surface area contributed by atoms with Gasteiger partial charge in [0.25, 0.3) is 0 Å². The third-order valence-corrected chi connectivity index (χ3v) is 3.05. The molecule has 0 aliphatic heterocycles. The lowest BCUT2D eigenvalue weighted by atomic mass is 10.0. The van der Waals surface area contributed by atoms with Crippen LogP contribution < -0.4 is 5.32 Å². The topological polar surface area (TPSA) is 12.0 Å². The van der Waals surface area contributed by atoms with Crippen LogP contribution in [0.3, 0.4) is 0 Å². The molecule has 0 amide bonds. The zero-order chi connectivity index (χ0) is 11.3. The van der Waals surface area contributed by atoms with E-state index in [0.717, 1.165) is 10.9 Å². The highest BCUT2D eigenvalue weighted by atomic mass is 79.9. The van der Waals surface area contributed by atoms with Crippen LogP contribution in [-0.4, -0.2) is 7.05 Å². The second-order valence-corrected chi connectivity index (χ2v) is 4.35. The fraction of sp³-hybridized carbons (Fsp3) is 0.385. The highest BCUT2D eigenvalue weighted by Crippen LogP contribution is 2.26. The summed E-state index contributed by atoms with van der Waals surface area (Å²) in [5.74, 6) is 6.03. The van der Waals surface area contributed by atoms with Crippen molar-refractivity contribution in [1.82, 2.24) is 5.32 Å². The molecular weight excluding hydrogens is 250 g/mol. The Morgan fingerprint density at radius 1 is 1.47 bits per heavy atom. The molecule has 1 unspecified atom stereocenters. The molecule has 2 heteroatoms. The smallest absolute Gasteiger partial charge is 0.0439 e. The van der Waals surface area contributed by atoms with Crippen LogP contribution in [-0.2, 0) is 0 Å². The number of hydrogen-bond donors (Lipinski definition) is 1. The molecule has 0 heterocycles. The minimum Gasteiger partial charge on any atom is -0.312 e. The van der Waals surface area contributed by atoms with Gasteiger partial charge in [-0.15, -0.1) is 11.8 Å². The van der Waals surface area contributed by atoms with Crippen LogP contribution in [0.1, 0.15) is 30.5 Å². The molecule has 15 heavy (non-hydrogen) atoms. The molecular formula is C13H16BrN. The van der Waals surface area contributed by atoms with Crippen molar-refractivity contribution in [3.63, 3.8) is 0 Å². The van der Waals surface area contributed by atoms with Gasteiger partial charge in [0.05, 0.1) is 0 Å². The molecule has 1 N–H and O–H groups in total. The molecule has 1 nitrogen and oxygen atoms in total. The van der Waals surface area contributed by atoms with Crippen molar-refractivity contribution >= 4 is 15.9 Å². The zero-order valence-corrected chi connectivity index (χ0v) is 11.0. The molecule has 0 fully saturated rings. The first kappa shape index (κ1) is 12.3. The van der Waals surface area contributed by atoms with Crippen LogP contribution in [0.5, 0.6) is 0 Å². The summed E-state index contributed by atoms with van der Waals surface area (Å²) < 4.78 is 1.15. The molecule has 0 aromatic heterocycles. The first-order chi connectivity index (χ1) is 7.19. The number of nitrogens with one attached hydrogen (secondary N) is 1. The van der Waals surface area contributed by atoms with Gasteiger partial charge in [0.1, 0.15) is 0 Å². The molecule has 0 saturated heterocycles. The normalized spacial score (nSPS) is 11.7. The maximum Gasteiger partial charge on any atom is 0.0439 e. The molecule has 1 atom stereocenters. The zero-order valence-electron chi connectivity index (χ0n) is 9.39. The summed E-state index contributed by atoms with van der Waals surface area (Å²) >= 11 is 3.59. The predicted molar refractivity (Wildman–Crippen MR) is 68.7 cm³/mol. The summed E-state index contributed by atoms with van der Waals surface area (Å²) in [5.41, 5.74) is 2.54. The van der Waals surface area contributed by atoms with Crippen LogP contribution in [0.15, 0.2) is 22.7 Å². The van der Waals surface area contributed by atoms with E-state index in [0.29, 0.717) is 6.04 Å². The summed E-state index contributed by atoms with van der Waals surface area (Å²) in [5, 5.41) is 3.28. The summed E-state index contributed by atoms with van der Waals surface area (Å²) in [4.78, 5) is 0. The standard InChI is InChI=1S/C13H16BrN/c1-4-5-6-13(15-3)11-8-7-10(2)9-12(11)14/h7-9,13,15H,6H2,1-3H3. The van der Waals surface area contributed by atoms with Crippen molar-refractivity contribution in [3.05, 3.63) is 33.8 Å². The van der Waals surface area contributed by atoms with E-state index in [-0.39, 0.29) is 0 Å². The quantitative estimate of drug-likeness (QED) is 0.826. The lowest BCUT2D eigenvalue weighted by molar-refractivity contribution is 0.609. The highest BCUT2D eigenvalue weighted by Gasteiger charge is 2.10. The second-order valence-electron chi connectivity index (χ2n) is 3.50. The van der Waals surface area contributed by atoms with Crippen molar-refractivity contribution in [2.75, 3.05) is 7.05 Å². The maximum absolute atomic E-state index is 3.59. The van der Waals surface area contributed by atoms with E-state index in [4.69, 9.17) is 0 Å². The van der Waals surface area contributed by atoms with Crippen molar-refractivity contribution in [2.24, 2.45) is 0 Å². The van der Waals surface area contributed by atoms with Crippen LogP contribution in [0.25, 0.3) is 0 Å². The van der Waals surface area contributed by atoms with Gasteiger partial charge in [-0.25, -0.2) is 0 Å². The van der Waals surface area contributed by atoms with Gasteiger partial charge >= 0.3 is 0 Å². The molecule has 0 aliphatic rings. The van der Waals surface area contributed by atoms with Gasteiger partial charge in [0.15, 0.2) is 0 Å². The summed E-state index contributed by atoms with van der Waals surface area (Å²) in [6.45, 7) is 3.96. The van der Waals surface area contributed by atoms with Crippen LogP contribution >= 0.6 is 15.9 Å². The average Bonchev–Trinajstić information content (AvgIpc) is 2.21. The fourth-order valence-electron chi connectivity index (χ4n) is 1.49. The van der Waals surface area contributed by atoms with Gasteiger partial charge in [-0.1, -0.05) is 28.1 Å². The summed E-state index contributed by atoms with van der Waals surface area (Å²) in [6, 6.07) is 6.72. The Morgan fingerprint density at radius 2 is 2.20 bits per heavy atom. The summed E-state index contributed by atoms with van der Waals surface area (Å²) in [6.07, 6.45) is 0.842. The SMILES string of the molecule is CC#CCC(NC)c1ccc(C)cc1Br. The van der Waals surface area contributed by atoms with E-state index < -0.39 is 0 Å². The molecule has 80 valence electrons. The van der Waals surface area contributed by atoms with Crippen LogP contribution in [0.4, 0.5) is 0 Å². The molecule has 0 spiro atoms. The average molecular weight is 266 g/mol. The molecule has 0 bridgehead atoms. The molecule has 0 aliphatic carbocycles. The number of aryl methyl sites for hydroxylation is 1.